The third kappa shape index (κ3) is 4.68. The van der Waals surface area contributed by atoms with Crippen LogP contribution in [0.1, 0.15) is 30.0 Å². The Kier molecular flexibility index (Phi) is 6.59. The van der Waals surface area contributed by atoms with E-state index in [0.717, 1.165) is 5.52 Å². The van der Waals surface area contributed by atoms with E-state index in [1.54, 1.807) is 35.9 Å². The van der Waals surface area contributed by atoms with Crippen molar-refractivity contribution >= 4 is 38.6 Å². The Morgan fingerprint density at radius 1 is 1.26 bits per heavy atom. The highest BCUT2D eigenvalue weighted by molar-refractivity contribution is 7.89. The Bertz CT molecular complexity index is 1240. The van der Waals surface area contributed by atoms with E-state index < -0.39 is 10.0 Å². The normalized spacial score (nSPS) is 12.0. The highest BCUT2D eigenvalue weighted by Crippen LogP contribution is 2.30. The molecule has 8 nitrogen and oxygen atoms in total. The monoisotopic (exact) mass is 464 g/mol. The number of ether oxygens (including phenoxy) is 1. The van der Waals surface area contributed by atoms with Crippen molar-refractivity contribution < 1.29 is 17.9 Å². The molecule has 1 aromatic heterocycles. The quantitative estimate of drug-likeness (QED) is 0.579. The fraction of sp³-hybridized carbons (Fsp3) is 0.333. The van der Waals surface area contributed by atoms with Gasteiger partial charge in [-0.2, -0.15) is 4.31 Å². The van der Waals surface area contributed by atoms with Gasteiger partial charge < -0.3 is 14.6 Å². The highest BCUT2D eigenvalue weighted by atomic mass is 35.5. The van der Waals surface area contributed by atoms with E-state index in [-0.39, 0.29) is 29.1 Å². The number of nitrogens with zero attached hydrogens (tertiary/aromatic N) is 3. The van der Waals surface area contributed by atoms with E-state index in [0.29, 0.717) is 21.9 Å². The molecule has 1 heterocycles. The SMILES string of the molecule is COc1ccc(Cl)cc1S(=O)(=O)N(C)Cc1nc2cc(C(=O)NC(C)C)ccc2n1C. The number of nitrogens with one attached hydrogen (secondary N) is 1. The Balaban J connectivity index is 1.93. The summed E-state index contributed by atoms with van der Waals surface area (Å²) in [6.45, 7) is 3.80. The summed E-state index contributed by atoms with van der Waals surface area (Å²) in [7, 11) is 0.792. The van der Waals surface area contributed by atoms with E-state index in [4.69, 9.17) is 16.3 Å². The lowest BCUT2D eigenvalue weighted by Gasteiger charge is -2.18. The van der Waals surface area contributed by atoms with Crippen LogP contribution >= 0.6 is 11.6 Å². The average molecular weight is 465 g/mol. The van der Waals surface area contributed by atoms with Crippen LogP contribution in [-0.2, 0) is 23.6 Å². The molecule has 0 fully saturated rings. The molecule has 0 bridgehead atoms. The number of aromatic nitrogens is 2. The van der Waals surface area contributed by atoms with E-state index in [2.05, 4.69) is 10.3 Å². The predicted molar refractivity (Wildman–Crippen MR) is 120 cm³/mol. The van der Waals surface area contributed by atoms with Crippen molar-refractivity contribution in [1.29, 1.82) is 0 Å². The fourth-order valence-electron chi connectivity index (χ4n) is 3.18. The third-order valence-electron chi connectivity index (χ3n) is 4.83. The minimum Gasteiger partial charge on any atom is -0.495 e. The second-order valence-electron chi connectivity index (χ2n) is 7.47. The van der Waals surface area contributed by atoms with Gasteiger partial charge in [-0.3, -0.25) is 4.79 Å². The molecule has 0 unspecified atom stereocenters. The van der Waals surface area contributed by atoms with Gasteiger partial charge in [0.25, 0.3) is 5.91 Å². The lowest BCUT2D eigenvalue weighted by atomic mass is 10.2. The first-order chi connectivity index (χ1) is 14.5. The molecular weight excluding hydrogens is 440 g/mol. The Morgan fingerprint density at radius 3 is 2.61 bits per heavy atom. The van der Waals surface area contributed by atoms with Crippen molar-refractivity contribution in [2.75, 3.05) is 14.2 Å². The lowest BCUT2D eigenvalue weighted by molar-refractivity contribution is 0.0943. The molecule has 31 heavy (non-hydrogen) atoms. The van der Waals surface area contributed by atoms with Crippen molar-refractivity contribution in [3.8, 4) is 5.75 Å². The topological polar surface area (TPSA) is 93.5 Å². The van der Waals surface area contributed by atoms with Gasteiger partial charge in [-0.15, -0.1) is 0 Å². The Hall–Kier alpha value is -2.62. The molecule has 3 aromatic rings. The number of hydrogen-bond acceptors (Lipinski definition) is 5. The van der Waals surface area contributed by atoms with Crippen molar-refractivity contribution in [2.45, 2.75) is 31.3 Å². The van der Waals surface area contributed by atoms with Crippen LogP contribution in [0.15, 0.2) is 41.3 Å². The van der Waals surface area contributed by atoms with Gasteiger partial charge in [0.05, 0.1) is 24.7 Å². The highest BCUT2D eigenvalue weighted by Gasteiger charge is 2.27. The molecule has 166 valence electrons. The maximum atomic E-state index is 13.1. The first-order valence-electron chi connectivity index (χ1n) is 9.60. The van der Waals surface area contributed by atoms with Crippen LogP contribution in [0.3, 0.4) is 0 Å². The number of sulfonamides is 1. The number of amides is 1. The van der Waals surface area contributed by atoms with Gasteiger partial charge in [-0.05, 0) is 50.2 Å². The van der Waals surface area contributed by atoms with Gasteiger partial charge in [-0.25, -0.2) is 13.4 Å². The molecule has 3 rings (SSSR count). The minimum absolute atomic E-state index is 0.0172. The molecule has 0 aliphatic heterocycles. The van der Waals surface area contributed by atoms with Crippen LogP contribution in [0.25, 0.3) is 11.0 Å². The van der Waals surface area contributed by atoms with Gasteiger partial charge in [0.15, 0.2) is 0 Å². The zero-order valence-corrected chi connectivity index (χ0v) is 19.6. The van der Waals surface area contributed by atoms with Crippen LogP contribution in [-0.4, -0.2) is 48.4 Å². The van der Waals surface area contributed by atoms with Crippen LogP contribution in [0.5, 0.6) is 5.75 Å². The molecule has 0 aliphatic rings. The smallest absolute Gasteiger partial charge is 0.251 e. The summed E-state index contributed by atoms with van der Waals surface area (Å²) in [6.07, 6.45) is 0. The van der Waals surface area contributed by atoms with Crippen molar-refractivity contribution in [1.82, 2.24) is 19.2 Å². The standard InChI is InChI=1S/C21H25ClN4O4S/c1-13(2)23-21(27)14-6-8-17-16(10-14)24-20(26(17)4)12-25(3)31(28,29)19-11-15(22)7-9-18(19)30-5/h6-11,13H,12H2,1-5H3,(H,23,27). The Morgan fingerprint density at radius 2 is 1.97 bits per heavy atom. The first kappa shape index (κ1) is 23.1. The van der Waals surface area contributed by atoms with Crippen molar-refractivity contribution in [2.24, 2.45) is 7.05 Å². The first-order valence-corrected chi connectivity index (χ1v) is 11.4. The molecule has 0 aliphatic carbocycles. The van der Waals surface area contributed by atoms with Crippen LogP contribution < -0.4 is 10.1 Å². The number of carbonyl (C=O) groups is 1. The molecule has 2 aromatic carbocycles. The molecule has 0 saturated heterocycles. The van der Waals surface area contributed by atoms with E-state index >= 15 is 0 Å². The average Bonchev–Trinajstić information content (AvgIpc) is 3.02. The number of hydrogen-bond donors (Lipinski definition) is 1. The predicted octanol–water partition coefficient (Wildman–Crippen LogP) is 3.19. The lowest BCUT2D eigenvalue weighted by Crippen LogP contribution is -2.29. The second-order valence-corrected chi connectivity index (χ2v) is 9.92. The number of aryl methyl sites for hydroxylation is 1. The molecule has 10 heteroatoms. The molecule has 0 saturated carbocycles. The number of imidazole rings is 1. The van der Waals surface area contributed by atoms with E-state index in [1.807, 2.05) is 13.8 Å². The summed E-state index contributed by atoms with van der Waals surface area (Å²) in [5.41, 5.74) is 1.90. The van der Waals surface area contributed by atoms with Gasteiger partial charge in [-0.1, -0.05) is 11.6 Å². The number of carbonyl (C=O) groups excluding carboxylic acids is 1. The van der Waals surface area contributed by atoms with Gasteiger partial charge in [0.2, 0.25) is 10.0 Å². The molecule has 1 amide bonds. The number of methoxy groups -OCH3 is 1. The van der Waals surface area contributed by atoms with E-state index in [9.17, 15) is 13.2 Å². The minimum atomic E-state index is -3.89. The van der Waals surface area contributed by atoms with Crippen LogP contribution in [0.4, 0.5) is 0 Å². The van der Waals surface area contributed by atoms with Crippen LogP contribution in [0, 0.1) is 0 Å². The summed E-state index contributed by atoms with van der Waals surface area (Å²) >= 11 is 6.01. The maximum Gasteiger partial charge on any atom is 0.251 e. The zero-order chi connectivity index (χ0) is 22.9. The second kappa shape index (κ2) is 8.86. The number of benzene rings is 2. The molecule has 0 radical (unpaired) electrons. The largest absolute Gasteiger partial charge is 0.495 e. The summed E-state index contributed by atoms with van der Waals surface area (Å²) in [6, 6.07) is 9.69. The van der Waals surface area contributed by atoms with Crippen molar-refractivity contribution in [3.63, 3.8) is 0 Å². The molecule has 0 atom stereocenters. The van der Waals surface area contributed by atoms with Crippen molar-refractivity contribution in [3.05, 3.63) is 52.8 Å². The van der Waals surface area contributed by atoms with Gasteiger partial charge >= 0.3 is 0 Å². The number of rotatable bonds is 7. The summed E-state index contributed by atoms with van der Waals surface area (Å²) in [5, 5.41) is 3.14. The van der Waals surface area contributed by atoms with Gasteiger partial charge in [0.1, 0.15) is 16.5 Å². The zero-order valence-electron chi connectivity index (χ0n) is 18.0. The molecule has 0 spiro atoms. The summed E-state index contributed by atoms with van der Waals surface area (Å²) in [4.78, 5) is 16.8. The third-order valence-corrected chi connectivity index (χ3v) is 6.89. The molecule has 1 N–H and O–H groups in total. The summed E-state index contributed by atoms with van der Waals surface area (Å²) < 4.78 is 34.5. The number of halogens is 1. The maximum absolute atomic E-state index is 13.1. The van der Waals surface area contributed by atoms with E-state index in [1.165, 1.54) is 30.6 Å². The summed E-state index contributed by atoms with van der Waals surface area (Å²) in [5.74, 6) is 0.558. The molecular formula is C21H25ClN4O4S. The van der Waals surface area contributed by atoms with Gasteiger partial charge in [0, 0.05) is 30.7 Å². The fourth-order valence-corrected chi connectivity index (χ4v) is 4.72. The van der Waals surface area contributed by atoms with Crippen LogP contribution in [0.2, 0.25) is 5.02 Å². The Labute approximate surface area is 186 Å². The number of fused-ring (bicyclic) bond motifs is 1.